The Hall–Kier alpha value is -1.55. The summed E-state index contributed by atoms with van der Waals surface area (Å²) >= 11 is 1.28. The van der Waals surface area contributed by atoms with Gasteiger partial charge in [-0.05, 0) is 30.3 Å². The van der Waals surface area contributed by atoms with Gasteiger partial charge in [0, 0.05) is 0 Å². The van der Waals surface area contributed by atoms with Crippen LogP contribution in [0, 0.1) is 0 Å². The van der Waals surface area contributed by atoms with Gasteiger partial charge in [-0.1, -0.05) is 30.3 Å². The number of thioether (sulfide) groups is 1. The zero-order valence-electron chi connectivity index (χ0n) is 8.84. The van der Waals surface area contributed by atoms with Gasteiger partial charge in [0.05, 0.1) is 11.5 Å². The molecule has 0 aromatic heterocycles. The van der Waals surface area contributed by atoms with Crippen LogP contribution in [0.3, 0.4) is 0 Å². The minimum absolute atomic E-state index is 0.225. The van der Waals surface area contributed by atoms with E-state index in [0.717, 1.165) is 5.56 Å². The van der Waals surface area contributed by atoms with E-state index < -0.39 is 0 Å². The van der Waals surface area contributed by atoms with Gasteiger partial charge in [-0.25, -0.2) is 0 Å². The predicted octanol–water partition coefficient (Wildman–Crippen LogP) is 2.69. The van der Waals surface area contributed by atoms with Crippen molar-refractivity contribution in [3.8, 4) is 0 Å². The first kappa shape index (κ1) is 11.0. The highest BCUT2D eigenvalue weighted by Gasteiger charge is 2.22. The van der Waals surface area contributed by atoms with Crippen LogP contribution < -0.4 is 0 Å². The largest absolute Gasteiger partial charge is 0.473 e. The molecule has 82 valence electrons. The number of rotatable bonds is 2. The number of hydrogen-bond acceptors (Lipinski definition) is 3. The summed E-state index contributed by atoms with van der Waals surface area (Å²) in [7, 11) is 0. The number of ether oxygens (including phenoxy) is 1. The van der Waals surface area contributed by atoms with Gasteiger partial charge in [0.15, 0.2) is 0 Å². The molecule has 1 aromatic rings. The Morgan fingerprint density at radius 3 is 2.81 bits per heavy atom. The Bertz CT molecular complexity index is 451. The highest BCUT2D eigenvalue weighted by Crippen LogP contribution is 2.28. The molecule has 0 saturated carbocycles. The third-order valence-electron chi connectivity index (χ3n) is 1.97. The highest BCUT2D eigenvalue weighted by atomic mass is 32.2. The van der Waals surface area contributed by atoms with Gasteiger partial charge in [-0.3, -0.25) is 4.79 Å². The first-order valence-corrected chi connectivity index (χ1v) is 5.81. The lowest BCUT2D eigenvalue weighted by molar-refractivity contribution is -0.113. The smallest absolute Gasteiger partial charge is 0.287 e. The lowest BCUT2D eigenvalue weighted by Gasteiger charge is -1.98. The molecule has 1 heterocycles. The van der Waals surface area contributed by atoms with Crippen LogP contribution in [-0.2, 0) is 9.53 Å². The summed E-state index contributed by atoms with van der Waals surface area (Å²) in [5, 5.41) is 0.440. The molecule has 3 nitrogen and oxygen atoms in total. The Balaban J connectivity index is 2.14. The van der Waals surface area contributed by atoms with Crippen LogP contribution in [0.25, 0.3) is 6.08 Å². The van der Waals surface area contributed by atoms with Crippen molar-refractivity contribution in [3.63, 3.8) is 0 Å². The molecule has 0 unspecified atom stereocenters. The topological polar surface area (TPSA) is 38.7 Å². The van der Waals surface area contributed by atoms with Crippen molar-refractivity contribution in [2.75, 3.05) is 6.61 Å². The van der Waals surface area contributed by atoms with Gasteiger partial charge >= 0.3 is 0 Å². The van der Waals surface area contributed by atoms with Crippen molar-refractivity contribution in [1.29, 1.82) is 0 Å². The van der Waals surface area contributed by atoms with Gasteiger partial charge in [0.25, 0.3) is 11.1 Å². The zero-order chi connectivity index (χ0) is 11.4. The molecule has 4 heteroatoms. The van der Waals surface area contributed by atoms with Crippen molar-refractivity contribution in [1.82, 2.24) is 0 Å². The number of benzene rings is 1. The van der Waals surface area contributed by atoms with Crippen molar-refractivity contribution in [3.05, 3.63) is 40.8 Å². The summed E-state index contributed by atoms with van der Waals surface area (Å²) in [6.07, 6.45) is 1.82. The van der Waals surface area contributed by atoms with E-state index in [2.05, 4.69) is 4.99 Å². The molecule has 1 amide bonds. The van der Waals surface area contributed by atoms with Crippen LogP contribution in [0.1, 0.15) is 12.5 Å². The van der Waals surface area contributed by atoms with Crippen LogP contribution in [0.2, 0.25) is 0 Å². The predicted molar refractivity (Wildman–Crippen MR) is 66.1 cm³/mol. The molecule has 0 fully saturated rings. The van der Waals surface area contributed by atoms with Crippen LogP contribution in [0.5, 0.6) is 0 Å². The maximum absolute atomic E-state index is 11.5. The fourth-order valence-electron chi connectivity index (χ4n) is 1.28. The fraction of sp³-hybridized carbons (Fsp3) is 0.167. The van der Waals surface area contributed by atoms with E-state index in [1.165, 1.54) is 11.8 Å². The summed E-state index contributed by atoms with van der Waals surface area (Å²) in [6.45, 7) is 2.39. The van der Waals surface area contributed by atoms with Crippen molar-refractivity contribution >= 4 is 29.0 Å². The molecule has 2 rings (SSSR count). The van der Waals surface area contributed by atoms with Gasteiger partial charge in [-0.2, -0.15) is 4.99 Å². The monoisotopic (exact) mass is 233 g/mol. The van der Waals surface area contributed by atoms with Crippen LogP contribution in [0.15, 0.2) is 40.2 Å². The molecular formula is C12H11NO2S. The summed E-state index contributed by atoms with van der Waals surface area (Å²) in [4.78, 5) is 15.9. The summed E-state index contributed by atoms with van der Waals surface area (Å²) in [6, 6.07) is 9.69. The summed E-state index contributed by atoms with van der Waals surface area (Å²) < 4.78 is 5.19. The molecular weight excluding hydrogens is 222 g/mol. The van der Waals surface area contributed by atoms with E-state index in [1.54, 1.807) is 0 Å². The lowest BCUT2D eigenvalue weighted by atomic mass is 10.2. The van der Waals surface area contributed by atoms with E-state index in [0.29, 0.717) is 16.7 Å². The summed E-state index contributed by atoms with van der Waals surface area (Å²) in [5.41, 5.74) is 0.992. The molecule has 0 saturated heterocycles. The van der Waals surface area contributed by atoms with Crippen LogP contribution in [-0.4, -0.2) is 17.7 Å². The number of nitrogens with zero attached hydrogens (tertiary/aromatic N) is 1. The number of carbonyl (C=O) groups is 1. The Morgan fingerprint density at radius 2 is 2.12 bits per heavy atom. The average Bonchev–Trinajstić information content (AvgIpc) is 2.61. The Morgan fingerprint density at radius 1 is 1.38 bits per heavy atom. The maximum Gasteiger partial charge on any atom is 0.287 e. The first-order valence-electron chi connectivity index (χ1n) is 5.00. The van der Waals surface area contributed by atoms with Gasteiger partial charge in [0.2, 0.25) is 0 Å². The third kappa shape index (κ3) is 2.52. The fourth-order valence-corrected chi connectivity index (χ4v) is 2.10. The lowest BCUT2D eigenvalue weighted by Crippen LogP contribution is -1.94. The number of aliphatic imine (C=N–C) groups is 1. The molecule has 1 aliphatic rings. The van der Waals surface area contributed by atoms with Crippen LogP contribution >= 0.6 is 11.8 Å². The third-order valence-corrected chi connectivity index (χ3v) is 2.86. The van der Waals surface area contributed by atoms with Gasteiger partial charge in [-0.15, -0.1) is 0 Å². The molecule has 0 aliphatic carbocycles. The molecule has 0 N–H and O–H groups in total. The quantitative estimate of drug-likeness (QED) is 0.737. The van der Waals surface area contributed by atoms with E-state index in [9.17, 15) is 4.79 Å². The van der Waals surface area contributed by atoms with E-state index in [-0.39, 0.29) is 5.91 Å². The zero-order valence-corrected chi connectivity index (χ0v) is 9.66. The van der Waals surface area contributed by atoms with Crippen molar-refractivity contribution in [2.24, 2.45) is 4.99 Å². The molecule has 0 radical (unpaired) electrons. The average molecular weight is 233 g/mol. The Labute approximate surface area is 98.2 Å². The molecule has 1 aliphatic heterocycles. The molecule has 1 aromatic carbocycles. The minimum Gasteiger partial charge on any atom is -0.473 e. The summed E-state index contributed by atoms with van der Waals surface area (Å²) in [5.74, 6) is -0.225. The van der Waals surface area contributed by atoms with Gasteiger partial charge < -0.3 is 4.74 Å². The number of carbonyl (C=O) groups excluding carboxylic acids is 1. The molecule has 0 atom stereocenters. The van der Waals surface area contributed by atoms with E-state index in [4.69, 9.17) is 4.74 Å². The van der Waals surface area contributed by atoms with Crippen LogP contribution in [0.4, 0.5) is 0 Å². The Kier molecular flexibility index (Phi) is 3.41. The molecule has 0 spiro atoms. The second-order valence-corrected chi connectivity index (χ2v) is 4.13. The second-order valence-electron chi connectivity index (χ2n) is 3.14. The first-order chi connectivity index (χ1) is 7.79. The molecule has 16 heavy (non-hydrogen) atoms. The molecule has 0 bridgehead atoms. The van der Waals surface area contributed by atoms with Crippen molar-refractivity contribution in [2.45, 2.75) is 6.92 Å². The second kappa shape index (κ2) is 4.99. The maximum atomic E-state index is 11.5. The normalized spacial score (nSPS) is 17.7. The minimum atomic E-state index is -0.225. The standard InChI is InChI=1S/C12H11NO2S/c1-2-15-12-13-11(14)10(16-12)8-9-6-4-3-5-7-9/h3-8H,2H2,1H3. The van der Waals surface area contributed by atoms with E-state index >= 15 is 0 Å². The SMILES string of the molecule is CCOC1=NC(=O)C(=Cc2ccccc2)S1. The van der Waals surface area contributed by atoms with Crippen molar-refractivity contribution < 1.29 is 9.53 Å². The highest BCUT2D eigenvalue weighted by molar-refractivity contribution is 8.18. The number of amides is 1. The van der Waals surface area contributed by atoms with Gasteiger partial charge in [0.1, 0.15) is 0 Å². The number of hydrogen-bond donors (Lipinski definition) is 0. The van der Waals surface area contributed by atoms with E-state index in [1.807, 2.05) is 43.3 Å².